The minimum absolute atomic E-state index is 0. The first-order chi connectivity index (χ1) is 50.2. The summed E-state index contributed by atoms with van der Waals surface area (Å²) in [4.78, 5) is 128. The second-order valence-corrected chi connectivity index (χ2v) is 26.0. The summed E-state index contributed by atoms with van der Waals surface area (Å²) in [7, 11) is 6.46. The first-order valence-corrected chi connectivity index (χ1v) is 34.0. The molecule has 0 aliphatic carbocycles. The van der Waals surface area contributed by atoms with Gasteiger partial charge in [-0.3, -0.25) is 34.2 Å². The van der Waals surface area contributed by atoms with E-state index in [0.29, 0.717) is 82.5 Å². The van der Waals surface area contributed by atoms with E-state index in [-0.39, 0.29) is 32.5 Å². The highest BCUT2D eigenvalue weighted by Gasteiger charge is 2.39. The summed E-state index contributed by atoms with van der Waals surface area (Å²) < 4.78 is 21.4. The third kappa shape index (κ3) is 16.5. The molecule has 4 unspecified atom stereocenters. The van der Waals surface area contributed by atoms with Crippen LogP contribution in [0, 0.1) is 77.1 Å². The maximum Gasteiger partial charge on any atom is 0.342 e. The molecule has 0 spiro atoms. The van der Waals surface area contributed by atoms with Gasteiger partial charge in [0.15, 0.2) is 32.5 Å². The van der Waals surface area contributed by atoms with E-state index in [2.05, 4.69) is 33.7 Å². The predicted octanol–water partition coefficient (Wildman–Crippen LogP) is 10.3. The van der Waals surface area contributed by atoms with Crippen molar-refractivity contribution in [1.29, 1.82) is 0 Å². The Bertz CT molecular complexity index is 5040. The van der Waals surface area contributed by atoms with Crippen LogP contribution < -0.4 is 19.6 Å². The molecule has 6 aromatic carbocycles. The lowest BCUT2D eigenvalue weighted by atomic mass is 9.95. The van der Waals surface area contributed by atoms with Gasteiger partial charge in [-0.15, -0.1) is 48.4 Å². The minimum atomic E-state index is -1.50. The van der Waals surface area contributed by atoms with Crippen LogP contribution in [0.1, 0.15) is 93.7 Å². The fourth-order valence-electron chi connectivity index (χ4n) is 11.7. The number of benzene rings is 6. The number of amides is 4. The molecule has 2 aromatic heterocycles. The molecule has 0 saturated heterocycles. The molecule has 105 heavy (non-hydrogen) atoms. The van der Waals surface area contributed by atoms with Gasteiger partial charge in [0.05, 0.1) is 65.1 Å². The monoisotopic (exact) mass is 1440 g/mol. The maximum atomic E-state index is 13.5. The van der Waals surface area contributed by atoms with Crippen molar-refractivity contribution in [3.05, 3.63) is 232 Å². The smallest absolute Gasteiger partial charge is 0.342 e. The number of ether oxygens (including phenoxy) is 4. The van der Waals surface area contributed by atoms with Gasteiger partial charge in [0.2, 0.25) is 6.04 Å². The van der Waals surface area contributed by atoms with Crippen LogP contribution in [-0.4, -0.2) is 151 Å². The Morgan fingerprint density at radius 1 is 0.438 bits per heavy atom. The first kappa shape index (κ1) is 75.9. The predicted molar refractivity (Wildman–Crippen MR) is 404 cm³/mol. The Morgan fingerprint density at radius 3 is 1.30 bits per heavy atom. The number of carbonyl (C=O) groups excluding carboxylic acids is 6. The van der Waals surface area contributed by atoms with Gasteiger partial charge in [-0.2, -0.15) is 0 Å². The van der Waals surface area contributed by atoms with Crippen molar-refractivity contribution in [2.45, 2.75) is 59.5 Å². The lowest BCUT2D eigenvalue weighted by Crippen LogP contribution is -2.40. The van der Waals surface area contributed by atoms with Crippen molar-refractivity contribution in [3.63, 3.8) is 0 Å². The molecule has 4 aliphatic rings. The summed E-state index contributed by atoms with van der Waals surface area (Å²) in [6.45, 7) is 5.25. The summed E-state index contributed by atoms with van der Waals surface area (Å²) in [6, 6.07) is 41.3. The van der Waals surface area contributed by atoms with Gasteiger partial charge in [-0.1, -0.05) is 128 Å². The largest absolute Gasteiger partial charge is 0.436 e. The normalized spacial score (nSPS) is 16.6. The topological polar surface area (TPSA) is 239 Å². The van der Waals surface area contributed by atoms with Crippen LogP contribution in [0.2, 0.25) is 0 Å². The van der Waals surface area contributed by atoms with E-state index in [9.17, 15) is 28.8 Å². The van der Waals surface area contributed by atoms with Crippen molar-refractivity contribution >= 4 is 104 Å². The highest BCUT2D eigenvalue weighted by molar-refractivity contribution is 7.16. The number of aryl methyl sites for hydroxylation is 4. The Morgan fingerprint density at radius 2 is 0.838 bits per heavy atom. The van der Waals surface area contributed by atoms with Crippen LogP contribution in [-0.2, 0) is 67.3 Å². The lowest BCUT2D eigenvalue weighted by Gasteiger charge is -2.20. The van der Waals surface area contributed by atoms with E-state index in [1.54, 1.807) is 70.7 Å². The lowest BCUT2D eigenvalue weighted by molar-refractivity contribution is -0.343. The Labute approximate surface area is 616 Å². The summed E-state index contributed by atoms with van der Waals surface area (Å²) in [5.41, 5.74) is 14.1. The van der Waals surface area contributed by atoms with Gasteiger partial charge >= 0.3 is 11.9 Å². The summed E-state index contributed by atoms with van der Waals surface area (Å²) >= 11 is 2.70. The third-order valence-electron chi connectivity index (χ3n) is 17.3. The van der Waals surface area contributed by atoms with E-state index < -0.39 is 75.1 Å². The Hall–Kier alpha value is -11.8. The van der Waals surface area contributed by atoms with E-state index in [4.69, 9.17) is 74.2 Å². The van der Waals surface area contributed by atoms with Crippen LogP contribution in [0.5, 0.6) is 0 Å². The van der Waals surface area contributed by atoms with Crippen molar-refractivity contribution in [1.82, 2.24) is 0 Å². The summed E-state index contributed by atoms with van der Waals surface area (Å²) in [6.07, 6.45) is 21.2. The van der Waals surface area contributed by atoms with Gasteiger partial charge in [0, 0.05) is 72.7 Å². The van der Waals surface area contributed by atoms with Crippen molar-refractivity contribution < 1.29 is 67.3 Å². The molecular weight excluding hydrogens is 1370 g/mol. The highest BCUT2D eigenvalue weighted by atomic mass is 32.1. The fraction of sp³-hybridized carbons (Fsp3) is 0.235. The van der Waals surface area contributed by atoms with Crippen molar-refractivity contribution in [2.75, 3.05) is 88.0 Å². The number of esters is 2. The number of carbonyl (C=O) groups is 6. The molecular formula is C81H72N8O14S2. The summed E-state index contributed by atoms with van der Waals surface area (Å²) in [5.74, 6) is 7.00. The third-order valence-corrected chi connectivity index (χ3v) is 19.4. The van der Waals surface area contributed by atoms with Crippen LogP contribution in [0.25, 0.3) is 0 Å². The molecule has 12 rings (SSSR count). The molecule has 4 atom stereocenters. The number of fused-ring (bicyclic) bond motifs is 4. The van der Waals surface area contributed by atoms with Gasteiger partial charge in [-0.05, 0) is 98.5 Å². The van der Waals surface area contributed by atoms with E-state index >= 15 is 0 Å². The van der Waals surface area contributed by atoms with E-state index in [1.807, 2.05) is 131 Å². The van der Waals surface area contributed by atoms with Crippen LogP contribution in [0.3, 0.4) is 0 Å². The zero-order valence-electron chi connectivity index (χ0n) is 57.8. The molecule has 0 fully saturated rings. The number of anilines is 4. The van der Waals surface area contributed by atoms with Crippen LogP contribution in [0.15, 0.2) is 166 Å². The van der Waals surface area contributed by atoms with Gasteiger partial charge < -0.3 is 38.5 Å². The first-order valence-electron chi connectivity index (χ1n) is 32.3. The number of thiophene rings is 2. The number of hydrogen-bond donors (Lipinski definition) is 0. The Kier molecular flexibility index (Phi) is 24.6. The fourth-order valence-corrected chi connectivity index (χ4v) is 13.8. The number of rotatable bonds is 20. The highest BCUT2D eigenvalue weighted by Crippen LogP contribution is 2.39. The number of terminal acetylenes is 4. The second-order valence-electron chi connectivity index (χ2n) is 23.9. The number of aliphatic imine (C=N–C) groups is 4. The van der Waals surface area contributed by atoms with Gasteiger partial charge in [-0.25, -0.2) is 34.1 Å². The van der Waals surface area contributed by atoms with Gasteiger partial charge in [0.1, 0.15) is 19.8 Å². The molecule has 0 N–H and O–H groups in total. The van der Waals surface area contributed by atoms with Crippen LogP contribution >= 0.6 is 22.7 Å². The zero-order valence-corrected chi connectivity index (χ0v) is 59.5. The molecule has 0 bridgehead atoms. The van der Waals surface area contributed by atoms with E-state index in [0.717, 1.165) is 49.4 Å². The van der Waals surface area contributed by atoms with Crippen molar-refractivity contribution in [2.24, 2.45) is 20.0 Å². The van der Waals surface area contributed by atoms with E-state index in [1.165, 1.54) is 42.3 Å². The zero-order chi connectivity index (χ0) is 73.9. The molecule has 24 heteroatoms. The van der Waals surface area contributed by atoms with Crippen LogP contribution in [0.4, 0.5) is 22.7 Å². The number of likely N-dealkylation sites (N-methyl/N-ethyl adjacent to an activating group) is 4. The van der Waals surface area contributed by atoms with Crippen molar-refractivity contribution in [3.8, 4) is 49.4 Å². The molecule has 0 radical (unpaired) electrons. The van der Waals surface area contributed by atoms with Gasteiger partial charge in [0.25, 0.3) is 29.9 Å². The molecule has 532 valence electrons. The molecule has 8 aromatic rings. The molecule has 6 heterocycles. The maximum absolute atomic E-state index is 13.5. The number of nitrogens with zero attached hydrogens (tertiary/aromatic N) is 8. The quantitative estimate of drug-likeness (QED) is 0.0131. The minimum Gasteiger partial charge on any atom is -0.436 e. The molecule has 0 saturated carbocycles. The number of benzodiazepines with no additional fused rings is 2. The average Bonchev–Trinajstić information content (AvgIpc) is 1.69. The SMILES string of the molecule is C.C#Cc1cc2c(s1)C(c1ccccc1C)=NC(COOCOCOC(=O)C1N=C(c3ccccc3C)c3sc(C#C)cc3N(C)C1=O)C(=O)N2C.C#Cc1ccc2c(c1)C(c1ccccc1C)=NC(COOCOCC(=O)OC1N=C(c3ccccc3C)c3cc(C#C)ccc3N(C)C1=O)C(=O)N2C. The average molecular weight is 1450 g/mol. The number of hydrogen-bond acceptors (Lipinski definition) is 20. The standard InChI is InChI=1S/C42H36N4O7.C38H32N4O7S2.CH4/c1-7-28-17-19-35-32(21-28)38(30-15-11-9-13-26(30)3)43-34(41(48)45(35)5)23-51-52-25-50-24-37(47)53-40-42(49)46(6)36-20-18-29(8-2)22-33(36)39(44-40)31-16-12-10-14-27(31)4;1-7-24-17-29-34(50-24)31(26-15-11-9-13-22(26)3)39-28(36(43)41(29)5)19-48-49-21-46-20-47-38(45)33-37(44)42(6)30-18-25(8-2)51-35(30)32(40-33)27-16-12-10-14-23(27)4;/h1-2,9-22,34,40H,23-25H2,3-6H3;1-2,9-18,28,33H,19-21H2,3-6H3;1H4. The molecule has 22 nitrogen and oxygen atoms in total. The summed E-state index contributed by atoms with van der Waals surface area (Å²) in [5, 5.41) is 0. The Balaban J connectivity index is 0.000000223. The second kappa shape index (κ2) is 34.0. The molecule has 4 aliphatic heterocycles. The molecule has 4 amide bonds.